The SMILES string of the molecule is COc1ccc(-c2cc(C(=O)NCC3(O)CCCCC3)[nH]n2)cc1. The van der Waals surface area contributed by atoms with E-state index in [4.69, 9.17) is 4.74 Å². The normalized spacial score (nSPS) is 16.6. The van der Waals surface area contributed by atoms with Crippen molar-refractivity contribution in [2.75, 3.05) is 13.7 Å². The summed E-state index contributed by atoms with van der Waals surface area (Å²) in [7, 11) is 1.62. The molecule has 0 bridgehead atoms. The average Bonchev–Trinajstić information content (AvgIpc) is 3.11. The first-order chi connectivity index (χ1) is 11.6. The number of ether oxygens (including phenoxy) is 1. The first kappa shape index (κ1) is 16.5. The highest BCUT2D eigenvalue weighted by Crippen LogP contribution is 2.27. The molecule has 0 unspecified atom stereocenters. The first-order valence-corrected chi connectivity index (χ1v) is 8.30. The molecule has 0 saturated heterocycles. The zero-order chi connectivity index (χ0) is 17.0. The molecule has 0 radical (unpaired) electrons. The highest BCUT2D eigenvalue weighted by atomic mass is 16.5. The summed E-state index contributed by atoms with van der Waals surface area (Å²) in [6.45, 7) is 0.280. The van der Waals surface area contributed by atoms with E-state index >= 15 is 0 Å². The summed E-state index contributed by atoms with van der Waals surface area (Å²) < 4.78 is 5.13. The van der Waals surface area contributed by atoms with E-state index in [1.165, 1.54) is 0 Å². The molecule has 2 aromatic rings. The van der Waals surface area contributed by atoms with E-state index in [9.17, 15) is 9.90 Å². The van der Waals surface area contributed by atoms with Crippen molar-refractivity contribution in [3.63, 3.8) is 0 Å². The molecule has 6 nitrogen and oxygen atoms in total. The smallest absolute Gasteiger partial charge is 0.269 e. The minimum atomic E-state index is -0.771. The Balaban J connectivity index is 1.62. The Morgan fingerprint density at radius 3 is 2.67 bits per heavy atom. The Bertz CT molecular complexity index is 688. The maximum Gasteiger partial charge on any atom is 0.269 e. The van der Waals surface area contributed by atoms with Gasteiger partial charge in [0.05, 0.1) is 18.4 Å². The topological polar surface area (TPSA) is 87.2 Å². The van der Waals surface area contributed by atoms with Crippen LogP contribution in [-0.4, -0.2) is 40.5 Å². The summed E-state index contributed by atoms with van der Waals surface area (Å²) >= 11 is 0. The predicted molar refractivity (Wildman–Crippen MR) is 90.9 cm³/mol. The standard InChI is InChI=1S/C18H23N3O3/c1-24-14-7-5-13(6-8-14)15-11-16(21-20-15)17(22)19-12-18(23)9-3-2-4-10-18/h5-8,11,23H,2-4,9-10,12H2,1H3,(H,19,22)(H,20,21). The van der Waals surface area contributed by atoms with Gasteiger partial charge in [-0.3, -0.25) is 9.89 Å². The molecule has 1 aromatic heterocycles. The van der Waals surface area contributed by atoms with Crippen molar-refractivity contribution in [2.24, 2.45) is 0 Å². The number of aromatic amines is 1. The predicted octanol–water partition coefficient (Wildman–Crippen LogP) is 2.51. The minimum absolute atomic E-state index is 0.249. The van der Waals surface area contributed by atoms with Crippen LogP contribution in [0.3, 0.4) is 0 Å². The zero-order valence-corrected chi connectivity index (χ0v) is 13.8. The number of hydrogen-bond donors (Lipinski definition) is 3. The molecule has 1 aliphatic carbocycles. The van der Waals surface area contributed by atoms with Crippen LogP contribution in [0.2, 0.25) is 0 Å². The van der Waals surface area contributed by atoms with Crippen molar-refractivity contribution in [1.29, 1.82) is 0 Å². The van der Waals surface area contributed by atoms with Crippen LogP contribution in [-0.2, 0) is 0 Å². The van der Waals surface area contributed by atoms with Crippen LogP contribution in [0.15, 0.2) is 30.3 Å². The van der Waals surface area contributed by atoms with Gasteiger partial charge >= 0.3 is 0 Å². The molecule has 1 aromatic carbocycles. The van der Waals surface area contributed by atoms with Gasteiger partial charge in [-0.1, -0.05) is 19.3 Å². The lowest BCUT2D eigenvalue weighted by atomic mass is 9.85. The molecule has 1 saturated carbocycles. The molecule has 6 heteroatoms. The summed E-state index contributed by atoms with van der Waals surface area (Å²) in [5.41, 5.74) is 1.21. The van der Waals surface area contributed by atoms with Crippen LogP contribution < -0.4 is 10.1 Å². The number of hydrogen-bond acceptors (Lipinski definition) is 4. The van der Waals surface area contributed by atoms with Crippen molar-refractivity contribution in [1.82, 2.24) is 15.5 Å². The van der Waals surface area contributed by atoms with Gasteiger partial charge in [-0.2, -0.15) is 5.10 Å². The number of amides is 1. The molecule has 0 spiro atoms. The number of aromatic nitrogens is 2. The molecule has 1 heterocycles. The third-order valence-electron chi connectivity index (χ3n) is 4.57. The first-order valence-electron chi connectivity index (χ1n) is 8.30. The van der Waals surface area contributed by atoms with Crippen molar-refractivity contribution in [3.8, 4) is 17.0 Å². The molecule has 1 aliphatic rings. The van der Waals surface area contributed by atoms with Crippen molar-refractivity contribution in [2.45, 2.75) is 37.7 Å². The molecule has 0 aliphatic heterocycles. The minimum Gasteiger partial charge on any atom is -0.497 e. The summed E-state index contributed by atoms with van der Waals surface area (Å²) in [5.74, 6) is 0.522. The Morgan fingerprint density at radius 1 is 1.29 bits per heavy atom. The molecular weight excluding hydrogens is 306 g/mol. The monoisotopic (exact) mass is 329 g/mol. The van der Waals surface area contributed by atoms with Crippen molar-refractivity contribution in [3.05, 3.63) is 36.0 Å². The quantitative estimate of drug-likeness (QED) is 0.786. The summed E-state index contributed by atoms with van der Waals surface area (Å²) in [6.07, 6.45) is 4.67. The van der Waals surface area contributed by atoms with Gasteiger partial charge in [0.2, 0.25) is 0 Å². The van der Waals surface area contributed by atoms with Crippen LogP contribution in [0.5, 0.6) is 5.75 Å². The maximum atomic E-state index is 12.3. The number of aliphatic hydroxyl groups is 1. The van der Waals surface area contributed by atoms with Crippen LogP contribution in [0, 0.1) is 0 Å². The number of nitrogens with one attached hydrogen (secondary N) is 2. The number of benzene rings is 1. The van der Waals surface area contributed by atoms with E-state index in [0.29, 0.717) is 11.4 Å². The Morgan fingerprint density at radius 2 is 2.00 bits per heavy atom. The Kier molecular flexibility index (Phi) is 4.85. The van der Waals surface area contributed by atoms with Crippen molar-refractivity contribution < 1.29 is 14.6 Å². The zero-order valence-electron chi connectivity index (χ0n) is 13.8. The average molecular weight is 329 g/mol. The second-order valence-electron chi connectivity index (χ2n) is 6.36. The van der Waals surface area contributed by atoms with E-state index in [1.54, 1.807) is 13.2 Å². The number of carbonyl (C=O) groups is 1. The molecule has 0 atom stereocenters. The van der Waals surface area contributed by atoms with Gasteiger partial charge in [0.25, 0.3) is 5.91 Å². The summed E-state index contributed by atoms with van der Waals surface area (Å²) in [6, 6.07) is 9.19. The number of H-pyrrole nitrogens is 1. The second kappa shape index (κ2) is 7.05. The number of rotatable bonds is 5. The molecule has 128 valence electrons. The number of methoxy groups -OCH3 is 1. The molecular formula is C18H23N3O3. The molecule has 1 amide bonds. The van der Waals surface area contributed by atoms with Crippen LogP contribution in [0.1, 0.15) is 42.6 Å². The fraction of sp³-hybridized carbons (Fsp3) is 0.444. The second-order valence-corrected chi connectivity index (χ2v) is 6.36. The highest BCUT2D eigenvalue weighted by molar-refractivity contribution is 5.93. The van der Waals surface area contributed by atoms with E-state index < -0.39 is 5.60 Å². The van der Waals surface area contributed by atoms with E-state index in [1.807, 2.05) is 24.3 Å². The third kappa shape index (κ3) is 3.76. The highest BCUT2D eigenvalue weighted by Gasteiger charge is 2.29. The van der Waals surface area contributed by atoms with Gasteiger partial charge < -0.3 is 15.2 Å². The lowest BCUT2D eigenvalue weighted by molar-refractivity contribution is 0.00521. The van der Waals surface area contributed by atoms with Crippen LogP contribution >= 0.6 is 0 Å². The summed E-state index contributed by atoms with van der Waals surface area (Å²) in [5, 5.41) is 20.2. The molecule has 3 rings (SSSR count). The molecule has 1 fully saturated rings. The van der Waals surface area contributed by atoms with E-state index in [0.717, 1.165) is 43.4 Å². The van der Waals surface area contributed by atoms with Gasteiger partial charge in [-0.05, 0) is 43.2 Å². The summed E-state index contributed by atoms with van der Waals surface area (Å²) in [4.78, 5) is 12.3. The molecule has 3 N–H and O–H groups in total. The fourth-order valence-corrected chi connectivity index (χ4v) is 3.07. The lowest BCUT2D eigenvalue weighted by Crippen LogP contribution is -2.44. The van der Waals surface area contributed by atoms with Gasteiger partial charge in [0.15, 0.2) is 0 Å². The lowest BCUT2D eigenvalue weighted by Gasteiger charge is -2.31. The Hall–Kier alpha value is -2.34. The maximum absolute atomic E-state index is 12.3. The third-order valence-corrected chi connectivity index (χ3v) is 4.57. The van der Waals surface area contributed by atoms with Gasteiger partial charge in [-0.15, -0.1) is 0 Å². The van der Waals surface area contributed by atoms with E-state index in [-0.39, 0.29) is 12.5 Å². The van der Waals surface area contributed by atoms with Gasteiger partial charge in [0, 0.05) is 12.1 Å². The van der Waals surface area contributed by atoms with Gasteiger partial charge in [0.1, 0.15) is 11.4 Å². The largest absolute Gasteiger partial charge is 0.497 e. The Labute approximate surface area is 141 Å². The van der Waals surface area contributed by atoms with Crippen molar-refractivity contribution >= 4 is 5.91 Å². The molecule has 24 heavy (non-hydrogen) atoms. The van der Waals surface area contributed by atoms with Crippen LogP contribution in [0.25, 0.3) is 11.3 Å². The van der Waals surface area contributed by atoms with Gasteiger partial charge in [-0.25, -0.2) is 0 Å². The number of nitrogens with zero attached hydrogens (tertiary/aromatic N) is 1. The van der Waals surface area contributed by atoms with Crippen LogP contribution in [0.4, 0.5) is 0 Å². The van der Waals surface area contributed by atoms with E-state index in [2.05, 4.69) is 15.5 Å². The fourth-order valence-electron chi connectivity index (χ4n) is 3.07. The number of carbonyl (C=O) groups excluding carboxylic acids is 1.